The maximum absolute atomic E-state index is 12.8. The number of alkyl halides is 3. The molecule has 0 aromatic heterocycles. The third-order valence-corrected chi connectivity index (χ3v) is 3.83. The second-order valence-electron chi connectivity index (χ2n) is 4.63. The van der Waals surface area contributed by atoms with Gasteiger partial charge in [-0.05, 0) is 31.2 Å². The lowest BCUT2D eigenvalue weighted by Crippen LogP contribution is -2.43. The Bertz CT molecular complexity index is 206. The number of hydrogen-bond donors (Lipinski definition) is 1. The molecule has 0 aromatic carbocycles. The summed E-state index contributed by atoms with van der Waals surface area (Å²) < 4.78 is 38.4. The summed E-state index contributed by atoms with van der Waals surface area (Å²) in [7, 11) is 0. The molecule has 0 bridgehead atoms. The summed E-state index contributed by atoms with van der Waals surface area (Å²) in [6, 6.07) is 0. The minimum atomic E-state index is -3.99. The van der Waals surface area contributed by atoms with Crippen molar-refractivity contribution in [1.82, 2.24) is 5.32 Å². The molecule has 1 aliphatic carbocycles. The summed E-state index contributed by atoms with van der Waals surface area (Å²) in [6.07, 6.45) is -0.487. The first-order valence-corrected chi connectivity index (χ1v) is 5.32. The normalized spacial score (nSPS) is 39.2. The highest BCUT2D eigenvalue weighted by molar-refractivity contribution is 4.98. The van der Waals surface area contributed by atoms with Crippen LogP contribution < -0.4 is 5.32 Å². The molecule has 0 amide bonds. The fourth-order valence-electron chi connectivity index (χ4n) is 3.09. The van der Waals surface area contributed by atoms with Crippen LogP contribution in [0.25, 0.3) is 0 Å². The smallest absolute Gasteiger partial charge is 0.316 e. The van der Waals surface area contributed by atoms with Gasteiger partial charge in [0.05, 0.1) is 5.92 Å². The monoisotopic (exact) mass is 207 g/mol. The zero-order valence-electron chi connectivity index (χ0n) is 8.16. The van der Waals surface area contributed by atoms with E-state index in [1.54, 1.807) is 0 Å². The second-order valence-corrected chi connectivity index (χ2v) is 4.63. The van der Waals surface area contributed by atoms with Crippen LogP contribution in [0.5, 0.6) is 0 Å². The third kappa shape index (κ3) is 1.64. The molecule has 1 spiro atoms. The summed E-state index contributed by atoms with van der Waals surface area (Å²) in [4.78, 5) is 0. The van der Waals surface area contributed by atoms with Crippen molar-refractivity contribution in [2.45, 2.75) is 38.3 Å². The van der Waals surface area contributed by atoms with Crippen molar-refractivity contribution in [3.63, 3.8) is 0 Å². The Hall–Kier alpha value is -0.250. The molecule has 1 saturated carbocycles. The fourth-order valence-corrected chi connectivity index (χ4v) is 3.09. The molecule has 0 radical (unpaired) electrons. The predicted molar refractivity (Wildman–Crippen MR) is 47.9 cm³/mol. The highest BCUT2D eigenvalue weighted by Crippen LogP contribution is 2.52. The molecule has 2 unspecified atom stereocenters. The van der Waals surface area contributed by atoms with Crippen LogP contribution >= 0.6 is 0 Å². The quantitative estimate of drug-likeness (QED) is 0.644. The molecule has 1 aliphatic heterocycles. The van der Waals surface area contributed by atoms with E-state index in [0.29, 0.717) is 19.4 Å². The molecule has 1 heterocycles. The fraction of sp³-hybridized carbons (Fsp3) is 1.00. The maximum Gasteiger partial charge on any atom is 0.392 e. The van der Waals surface area contributed by atoms with Crippen LogP contribution in [0.2, 0.25) is 0 Å². The Morgan fingerprint density at radius 2 is 1.93 bits per heavy atom. The van der Waals surface area contributed by atoms with Gasteiger partial charge < -0.3 is 5.32 Å². The van der Waals surface area contributed by atoms with Gasteiger partial charge in [0.1, 0.15) is 0 Å². The van der Waals surface area contributed by atoms with Gasteiger partial charge in [-0.25, -0.2) is 0 Å². The van der Waals surface area contributed by atoms with Crippen molar-refractivity contribution in [2.24, 2.45) is 11.3 Å². The summed E-state index contributed by atoms with van der Waals surface area (Å²) in [6.45, 7) is 1.32. The summed E-state index contributed by atoms with van der Waals surface area (Å²) in [5, 5.41) is 3.08. The zero-order chi connectivity index (χ0) is 10.2. The molecule has 14 heavy (non-hydrogen) atoms. The van der Waals surface area contributed by atoms with E-state index >= 15 is 0 Å². The van der Waals surface area contributed by atoms with Crippen LogP contribution in [0.1, 0.15) is 32.1 Å². The van der Waals surface area contributed by atoms with Gasteiger partial charge in [-0.15, -0.1) is 0 Å². The molecule has 2 aliphatic rings. The van der Waals surface area contributed by atoms with Crippen LogP contribution in [0, 0.1) is 11.3 Å². The minimum absolute atomic E-state index is 0.338. The standard InChI is InChI=1S/C10H16F3N/c11-10(12,13)8-3-1-2-4-9(8)5-6-14-7-9/h8,14H,1-7H2. The molecule has 1 N–H and O–H groups in total. The van der Waals surface area contributed by atoms with E-state index in [-0.39, 0.29) is 0 Å². The Labute approximate surface area is 82.1 Å². The van der Waals surface area contributed by atoms with Crippen LogP contribution in [-0.4, -0.2) is 19.3 Å². The molecule has 2 rings (SSSR count). The maximum atomic E-state index is 12.8. The van der Waals surface area contributed by atoms with E-state index in [4.69, 9.17) is 0 Å². The Morgan fingerprint density at radius 3 is 2.50 bits per heavy atom. The van der Waals surface area contributed by atoms with Gasteiger partial charge in [-0.1, -0.05) is 12.8 Å². The highest BCUT2D eigenvalue weighted by atomic mass is 19.4. The second kappa shape index (κ2) is 3.40. The van der Waals surface area contributed by atoms with Gasteiger partial charge in [0.15, 0.2) is 0 Å². The average molecular weight is 207 g/mol. The van der Waals surface area contributed by atoms with E-state index in [0.717, 1.165) is 25.8 Å². The predicted octanol–water partition coefficient (Wildman–Crippen LogP) is 2.72. The molecular formula is C10H16F3N. The van der Waals surface area contributed by atoms with Crippen molar-refractivity contribution in [3.05, 3.63) is 0 Å². The highest BCUT2D eigenvalue weighted by Gasteiger charge is 2.54. The SMILES string of the molecule is FC(F)(F)C1CCCCC12CCNC2. The van der Waals surface area contributed by atoms with Crippen molar-refractivity contribution in [2.75, 3.05) is 13.1 Å². The number of hydrogen-bond acceptors (Lipinski definition) is 1. The zero-order valence-corrected chi connectivity index (χ0v) is 8.16. The number of nitrogens with one attached hydrogen (secondary N) is 1. The van der Waals surface area contributed by atoms with Crippen molar-refractivity contribution < 1.29 is 13.2 Å². The topological polar surface area (TPSA) is 12.0 Å². The number of halogens is 3. The van der Waals surface area contributed by atoms with Crippen LogP contribution in [0.3, 0.4) is 0 Å². The van der Waals surface area contributed by atoms with Gasteiger partial charge in [0, 0.05) is 6.54 Å². The first-order valence-electron chi connectivity index (χ1n) is 5.32. The lowest BCUT2D eigenvalue weighted by molar-refractivity contribution is -0.214. The summed E-state index contributed by atoms with van der Waals surface area (Å²) >= 11 is 0. The van der Waals surface area contributed by atoms with Gasteiger partial charge >= 0.3 is 6.18 Å². The molecule has 82 valence electrons. The van der Waals surface area contributed by atoms with E-state index in [1.807, 2.05) is 0 Å². The molecule has 0 aromatic rings. The largest absolute Gasteiger partial charge is 0.392 e. The molecule has 1 nitrogen and oxygen atoms in total. The average Bonchev–Trinajstić information content (AvgIpc) is 2.52. The van der Waals surface area contributed by atoms with Gasteiger partial charge in [-0.3, -0.25) is 0 Å². The Balaban J connectivity index is 2.19. The van der Waals surface area contributed by atoms with E-state index < -0.39 is 17.5 Å². The molecule has 2 atom stereocenters. The van der Waals surface area contributed by atoms with Gasteiger partial charge in [-0.2, -0.15) is 13.2 Å². The van der Waals surface area contributed by atoms with Crippen molar-refractivity contribution >= 4 is 0 Å². The van der Waals surface area contributed by atoms with Crippen LogP contribution in [0.15, 0.2) is 0 Å². The van der Waals surface area contributed by atoms with Crippen LogP contribution in [-0.2, 0) is 0 Å². The molecule has 2 fully saturated rings. The first-order chi connectivity index (χ1) is 6.55. The number of rotatable bonds is 0. The van der Waals surface area contributed by atoms with E-state index in [1.165, 1.54) is 0 Å². The Kier molecular flexibility index (Phi) is 2.50. The molecular weight excluding hydrogens is 191 g/mol. The minimum Gasteiger partial charge on any atom is -0.316 e. The first kappa shape index (κ1) is 10.3. The lowest BCUT2D eigenvalue weighted by Gasteiger charge is -2.41. The lowest BCUT2D eigenvalue weighted by atomic mass is 9.65. The third-order valence-electron chi connectivity index (χ3n) is 3.83. The van der Waals surface area contributed by atoms with E-state index in [2.05, 4.69) is 5.32 Å². The molecule has 1 saturated heterocycles. The Morgan fingerprint density at radius 1 is 1.14 bits per heavy atom. The summed E-state index contributed by atoms with van der Waals surface area (Å²) in [5.41, 5.74) is -0.462. The molecule has 4 heteroatoms. The van der Waals surface area contributed by atoms with Gasteiger partial charge in [0.2, 0.25) is 0 Å². The van der Waals surface area contributed by atoms with Crippen molar-refractivity contribution in [1.29, 1.82) is 0 Å². The van der Waals surface area contributed by atoms with Crippen molar-refractivity contribution in [3.8, 4) is 0 Å². The summed E-state index contributed by atoms with van der Waals surface area (Å²) in [5.74, 6) is -1.06. The van der Waals surface area contributed by atoms with Gasteiger partial charge in [0.25, 0.3) is 0 Å². The van der Waals surface area contributed by atoms with Crippen LogP contribution in [0.4, 0.5) is 13.2 Å². The van der Waals surface area contributed by atoms with E-state index in [9.17, 15) is 13.2 Å².